The van der Waals surface area contributed by atoms with E-state index in [1.54, 1.807) is 18.2 Å². The van der Waals surface area contributed by atoms with Gasteiger partial charge in [0.1, 0.15) is 10.8 Å². The second-order valence-corrected chi connectivity index (χ2v) is 5.58. The van der Waals surface area contributed by atoms with E-state index in [4.69, 9.17) is 0 Å². The quantitative estimate of drug-likeness (QED) is 0.781. The maximum atomic E-state index is 12.0. The first-order valence-corrected chi connectivity index (χ1v) is 7.75. The van der Waals surface area contributed by atoms with Gasteiger partial charge in [0.2, 0.25) is 11.0 Å². The van der Waals surface area contributed by atoms with Crippen LogP contribution in [0.4, 0.5) is 13.9 Å². The largest absolute Gasteiger partial charge is 0.435 e. The van der Waals surface area contributed by atoms with Crippen LogP contribution in [0.2, 0.25) is 0 Å². The van der Waals surface area contributed by atoms with Crippen LogP contribution >= 0.6 is 11.3 Å². The minimum absolute atomic E-state index is 0.0684. The molecule has 0 aliphatic carbocycles. The lowest BCUT2D eigenvalue weighted by Crippen LogP contribution is -2.07. The molecule has 1 N–H and O–H groups in total. The van der Waals surface area contributed by atoms with Crippen molar-refractivity contribution < 1.29 is 18.3 Å². The van der Waals surface area contributed by atoms with Gasteiger partial charge < -0.3 is 4.74 Å². The molecule has 0 spiro atoms. The van der Waals surface area contributed by atoms with Gasteiger partial charge in [0.25, 0.3) is 0 Å². The van der Waals surface area contributed by atoms with Gasteiger partial charge in [0.05, 0.1) is 0 Å². The first-order valence-electron chi connectivity index (χ1n) is 6.93. The average Bonchev–Trinajstić information content (AvgIpc) is 2.93. The molecule has 0 atom stereocenters. The second-order valence-electron chi connectivity index (χ2n) is 4.52. The number of carbonyl (C=O) groups excluding carboxylic acids is 1. The fourth-order valence-electron chi connectivity index (χ4n) is 1.70. The Bertz CT molecular complexity index is 672. The number of ether oxygens (including phenoxy) is 1. The fraction of sp³-hybridized carbons (Fsp3) is 0.267. The number of benzene rings is 1. The van der Waals surface area contributed by atoms with E-state index in [0.29, 0.717) is 10.7 Å². The van der Waals surface area contributed by atoms with E-state index < -0.39 is 6.61 Å². The molecule has 1 aromatic heterocycles. The summed E-state index contributed by atoms with van der Waals surface area (Å²) in [6.45, 7) is -0.813. The van der Waals surface area contributed by atoms with Gasteiger partial charge in [-0.2, -0.15) is 8.78 Å². The maximum Gasteiger partial charge on any atom is 0.387 e. The van der Waals surface area contributed by atoms with E-state index >= 15 is 0 Å². The van der Waals surface area contributed by atoms with Crippen molar-refractivity contribution in [1.29, 1.82) is 0 Å². The number of hydrogen-bond acceptors (Lipinski definition) is 5. The number of amides is 1. The van der Waals surface area contributed by atoms with Crippen LogP contribution in [0.15, 0.2) is 30.3 Å². The number of nitrogens with zero attached hydrogens (tertiary/aromatic N) is 2. The summed E-state index contributed by atoms with van der Waals surface area (Å²) in [5, 5.41) is 11.8. The van der Waals surface area contributed by atoms with Crippen LogP contribution in [0.3, 0.4) is 0 Å². The van der Waals surface area contributed by atoms with Crippen LogP contribution < -0.4 is 10.1 Å². The van der Waals surface area contributed by atoms with Crippen molar-refractivity contribution >= 4 is 28.5 Å². The van der Waals surface area contributed by atoms with E-state index in [1.807, 2.05) is 6.92 Å². The molecule has 1 aromatic carbocycles. The lowest BCUT2D eigenvalue weighted by Gasteiger charge is -2.03. The predicted octanol–water partition coefficient (Wildman–Crippen LogP) is 3.74. The smallest absolute Gasteiger partial charge is 0.387 e. The minimum atomic E-state index is -2.85. The number of aryl methyl sites for hydroxylation is 1. The molecule has 0 saturated carbocycles. The Kier molecular flexibility index (Phi) is 6.16. The van der Waals surface area contributed by atoms with Crippen molar-refractivity contribution in [3.8, 4) is 5.75 Å². The van der Waals surface area contributed by atoms with Gasteiger partial charge in [-0.05, 0) is 30.2 Å². The monoisotopic (exact) mass is 339 g/mol. The molecule has 0 bridgehead atoms. The zero-order valence-electron chi connectivity index (χ0n) is 12.3. The molecule has 1 amide bonds. The van der Waals surface area contributed by atoms with Gasteiger partial charge in [0.15, 0.2) is 0 Å². The predicted molar refractivity (Wildman–Crippen MR) is 84.6 cm³/mol. The van der Waals surface area contributed by atoms with Crippen molar-refractivity contribution in [2.75, 3.05) is 5.32 Å². The molecule has 1 heterocycles. The summed E-state index contributed by atoms with van der Waals surface area (Å²) >= 11 is 1.34. The highest BCUT2D eigenvalue weighted by molar-refractivity contribution is 7.15. The standard InChI is InChI=1S/C15H15F2N3O2S/c1-2-3-13-19-20-15(23-13)18-12(21)9-6-10-4-7-11(8-5-10)22-14(16)17/h4-9,14H,2-3H2,1H3,(H,18,20,21)/b9-6+. The molecule has 2 aromatic rings. The Morgan fingerprint density at radius 2 is 2.09 bits per heavy atom. The zero-order chi connectivity index (χ0) is 16.7. The lowest BCUT2D eigenvalue weighted by molar-refractivity contribution is -0.111. The molecular weight excluding hydrogens is 324 g/mol. The van der Waals surface area contributed by atoms with E-state index in [0.717, 1.165) is 17.8 Å². The van der Waals surface area contributed by atoms with Crippen molar-refractivity contribution in [3.05, 3.63) is 40.9 Å². The zero-order valence-corrected chi connectivity index (χ0v) is 13.1. The third-order valence-electron chi connectivity index (χ3n) is 2.69. The molecule has 0 saturated heterocycles. The van der Waals surface area contributed by atoms with E-state index in [2.05, 4.69) is 20.3 Å². The molecule has 0 unspecified atom stereocenters. The number of hydrogen-bond donors (Lipinski definition) is 1. The lowest BCUT2D eigenvalue weighted by atomic mass is 10.2. The Morgan fingerprint density at radius 3 is 2.74 bits per heavy atom. The van der Waals surface area contributed by atoms with Crippen molar-refractivity contribution in [3.63, 3.8) is 0 Å². The SMILES string of the molecule is CCCc1nnc(NC(=O)/C=C/c2ccc(OC(F)F)cc2)s1. The topological polar surface area (TPSA) is 64.1 Å². The summed E-state index contributed by atoms with van der Waals surface area (Å²) in [7, 11) is 0. The van der Waals surface area contributed by atoms with Crippen LogP contribution in [0.25, 0.3) is 6.08 Å². The number of carbonyl (C=O) groups is 1. The van der Waals surface area contributed by atoms with Crippen molar-refractivity contribution in [2.45, 2.75) is 26.4 Å². The van der Waals surface area contributed by atoms with Crippen LogP contribution in [0.5, 0.6) is 5.75 Å². The summed E-state index contributed by atoms with van der Waals surface area (Å²) in [6.07, 6.45) is 4.70. The van der Waals surface area contributed by atoms with Gasteiger partial charge in [0, 0.05) is 12.5 Å². The summed E-state index contributed by atoms with van der Waals surface area (Å²) < 4.78 is 28.3. The molecule has 23 heavy (non-hydrogen) atoms. The molecule has 122 valence electrons. The summed E-state index contributed by atoms with van der Waals surface area (Å²) in [5.41, 5.74) is 0.686. The fourth-order valence-corrected chi connectivity index (χ4v) is 2.54. The summed E-state index contributed by atoms with van der Waals surface area (Å²) in [5.74, 6) is -0.268. The maximum absolute atomic E-state index is 12.0. The Balaban J connectivity index is 1.89. The van der Waals surface area contributed by atoms with Crippen LogP contribution in [-0.2, 0) is 11.2 Å². The number of aromatic nitrogens is 2. The number of nitrogens with one attached hydrogen (secondary N) is 1. The van der Waals surface area contributed by atoms with Crippen molar-refractivity contribution in [1.82, 2.24) is 10.2 Å². The highest BCUT2D eigenvalue weighted by Crippen LogP contribution is 2.17. The van der Waals surface area contributed by atoms with Gasteiger partial charge in [-0.1, -0.05) is 30.4 Å². The Morgan fingerprint density at radius 1 is 1.35 bits per heavy atom. The molecule has 0 aliphatic rings. The van der Waals surface area contributed by atoms with Crippen LogP contribution in [-0.4, -0.2) is 22.7 Å². The third kappa shape index (κ3) is 5.74. The number of alkyl halides is 2. The van der Waals surface area contributed by atoms with Gasteiger partial charge in [-0.3, -0.25) is 10.1 Å². The van der Waals surface area contributed by atoms with Gasteiger partial charge >= 0.3 is 6.61 Å². The molecule has 0 radical (unpaired) electrons. The molecule has 8 heteroatoms. The molecule has 0 aliphatic heterocycles. The van der Waals surface area contributed by atoms with Gasteiger partial charge in [-0.25, -0.2) is 0 Å². The molecule has 0 fully saturated rings. The molecule has 2 rings (SSSR count). The number of anilines is 1. The summed E-state index contributed by atoms with van der Waals surface area (Å²) in [6, 6.07) is 5.97. The normalized spacial score (nSPS) is 11.1. The van der Waals surface area contributed by atoms with Crippen LogP contribution in [0.1, 0.15) is 23.9 Å². The van der Waals surface area contributed by atoms with Crippen molar-refractivity contribution in [2.24, 2.45) is 0 Å². The number of rotatable bonds is 7. The first-order chi connectivity index (χ1) is 11.1. The Labute approximate surface area is 136 Å². The van der Waals surface area contributed by atoms with E-state index in [1.165, 1.54) is 29.5 Å². The minimum Gasteiger partial charge on any atom is -0.435 e. The summed E-state index contributed by atoms with van der Waals surface area (Å²) in [4.78, 5) is 11.8. The van der Waals surface area contributed by atoms with Gasteiger partial charge in [-0.15, -0.1) is 10.2 Å². The van der Waals surface area contributed by atoms with Crippen LogP contribution in [0, 0.1) is 0 Å². The van der Waals surface area contributed by atoms with E-state index in [-0.39, 0.29) is 11.7 Å². The Hall–Kier alpha value is -2.35. The third-order valence-corrected chi connectivity index (χ3v) is 3.59. The second kappa shape index (κ2) is 8.33. The molecule has 5 nitrogen and oxygen atoms in total. The molecular formula is C15H15F2N3O2S. The first kappa shape index (κ1) is 17.0. The number of halogens is 2. The highest BCUT2D eigenvalue weighted by atomic mass is 32.1. The van der Waals surface area contributed by atoms with E-state index in [9.17, 15) is 13.6 Å². The highest BCUT2D eigenvalue weighted by Gasteiger charge is 2.06. The average molecular weight is 339 g/mol.